The van der Waals surface area contributed by atoms with Gasteiger partial charge in [0.2, 0.25) is 15.9 Å². The van der Waals surface area contributed by atoms with E-state index in [2.05, 4.69) is 21.2 Å². The number of nitrogens with one attached hydrogen (secondary N) is 1. The highest BCUT2D eigenvalue weighted by atomic mass is 79.9. The molecule has 1 N–H and O–H groups in total. The number of anilines is 2. The fourth-order valence-electron chi connectivity index (χ4n) is 2.56. The third kappa shape index (κ3) is 4.78. The Bertz CT molecular complexity index is 947. The number of amides is 1. The molecule has 0 spiro atoms. The minimum absolute atomic E-state index is 0.449. The average molecular weight is 460 g/mol. The second kappa shape index (κ2) is 7.98. The van der Waals surface area contributed by atoms with Crippen molar-refractivity contribution < 1.29 is 13.2 Å². The van der Waals surface area contributed by atoms with E-state index >= 15 is 0 Å². The zero-order chi connectivity index (χ0) is 19.6. The molecule has 0 aromatic heterocycles. The molecule has 1 amide bonds. The van der Waals surface area contributed by atoms with Gasteiger partial charge in [0.15, 0.2) is 0 Å². The maximum absolute atomic E-state index is 12.7. The highest BCUT2D eigenvalue weighted by molar-refractivity contribution is 9.10. The Kier molecular flexibility index (Phi) is 6.37. The van der Waals surface area contributed by atoms with E-state index < -0.39 is 22.0 Å². The van der Waals surface area contributed by atoms with Gasteiger partial charge in [0.25, 0.3) is 0 Å². The predicted molar refractivity (Wildman–Crippen MR) is 110 cm³/mol. The Morgan fingerprint density at radius 3 is 2.42 bits per heavy atom. The Balaban J connectivity index is 2.37. The van der Waals surface area contributed by atoms with Gasteiger partial charge in [-0.25, -0.2) is 8.42 Å². The van der Waals surface area contributed by atoms with Crippen LogP contribution in [-0.4, -0.2) is 26.6 Å². The fourth-order valence-corrected chi connectivity index (χ4v) is 4.21. The molecule has 2 aromatic rings. The number of hydrogen-bond acceptors (Lipinski definition) is 3. The Labute approximate surface area is 167 Å². The molecular formula is C18H20BrClN2O3S. The van der Waals surface area contributed by atoms with Crippen LogP contribution in [0, 0.1) is 13.8 Å². The van der Waals surface area contributed by atoms with Crippen LogP contribution in [0.1, 0.15) is 18.1 Å². The molecule has 8 heteroatoms. The lowest BCUT2D eigenvalue weighted by atomic mass is 10.1. The monoisotopic (exact) mass is 458 g/mol. The summed E-state index contributed by atoms with van der Waals surface area (Å²) < 4.78 is 26.7. The van der Waals surface area contributed by atoms with Gasteiger partial charge in [0.05, 0.1) is 17.0 Å². The van der Waals surface area contributed by atoms with Crippen molar-refractivity contribution in [2.24, 2.45) is 0 Å². The van der Waals surface area contributed by atoms with E-state index in [4.69, 9.17) is 11.6 Å². The highest BCUT2D eigenvalue weighted by Gasteiger charge is 2.30. The van der Waals surface area contributed by atoms with Crippen LogP contribution in [0.3, 0.4) is 0 Å². The summed E-state index contributed by atoms with van der Waals surface area (Å²) in [4.78, 5) is 12.7. The number of halogens is 2. The summed E-state index contributed by atoms with van der Waals surface area (Å²) in [5, 5.41) is 3.16. The third-order valence-corrected chi connectivity index (χ3v) is 6.34. The highest BCUT2D eigenvalue weighted by Crippen LogP contribution is 2.28. The van der Waals surface area contributed by atoms with Gasteiger partial charge < -0.3 is 5.32 Å². The average Bonchev–Trinajstić information content (AvgIpc) is 2.53. The summed E-state index contributed by atoms with van der Waals surface area (Å²) in [6.07, 6.45) is 1.09. The van der Waals surface area contributed by atoms with Crippen molar-refractivity contribution in [3.63, 3.8) is 0 Å². The summed E-state index contributed by atoms with van der Waals surface area (Å²) >= 11 is 9.33. The molecule has 2 rings (SSSR count). The Morgan fingerprint density at radius 1 is 1.19 bits per heavy atom. The first-order valence-electron chi connectivity index (χ1n) is 7.83. The summed E-state index contributed by atoms with van der Waals surface area (Å²) in [5.41, 5.74) is 2.66. The first kappa shape index (κ1) is 20.7. The lowest BCUT2D eigenvalue weighted by Crippen LogP contribution is -2.45. The first-order valence-corrected chi connectivity index (χ1v) is 10.8. The van der Waals surface area contributed by atoms with Crippen molar-refractivity contribution in [3.05, 3.63) is 57.0 Å². The van der Waals surface area contributed by atoms with Crippen LogP contribution < -0.4 is 9.62 Å². The number of nitrogens with zero attached hydrogens (tertiary/aromatic N) is 1. The minimum atomic E-state index is -3.67. The van der Waals surface area contributed by atoms with Gasteiger partial charge in [-0.1, -0.05) is 23.7 Å². The molecule has 2 aromatic carbocycles. The zero-order valence-electron chi connectivity index (χ0n) is 14.9. The second-order valence-corrected chi connectivity index (χ2v) is 9.26. The van der Waals surface area contributed by atoms with Gasteiger partial charge in [-0.3, -0.25) is 9.10 Å². The number of carbonyl (C=O) groups excluding carboxylic acids is 1. The fraction of sp³-hybridized carbons (Fsp3) is 0.278. The number of hydrogen-bond donors (Lipinski definition) is 1. The summed E-state index contributed by atoms with van der Waals surface area (Å²) in [6, 6.07) is 9.55. The van der Waals surface area contributed by atoms with Gasteiger partial charge in [0.1, 0.15) is 6.04 Å². The van der Waals surface area contributed by atoms with Crippen LogP contribution in [0.25, 0.3) is 0 Å². The third-order valence-electron chi connectivity index (χ3n) is 3.88. The lowest BCUT2D eigenvalue weighted by molar-refractivity contribution is -0.116. The molecule has 0 aliphatic carbocycles. The van der Waals surface area contributed by atoms with Crippen LogP contribution in [0.4, 0.5) is 11.4 Å². The van der Waals surface area contributed by atoms with Crippen LogP contribution in [-0.2, 0) is 14.8 Å². The topological polar surface area (TPSA) is 66.5 Å². The molecule has 26 heavy (non-hydrogen) atoms. The number of rotatable bonds is 5. The molecule has 0 heterocycles. The molecule has 0 radical (unpaired) electrons. The molecule has 0 saturated heterocycles. The largest absolute Gasteiger partial charge is 0.324 e. The zero-order valence-corrected chi connectivity index (χ0v) is 18.0. The van der Waals surface area contributed by atoms with Gasteiger partial charge >= 0.3 is 0 Å². The van der Waals surface area contributed by atoms with Crippen molar-refractivity contribution >= 4 is 54.8 Å². The molecule has 1 atom stereocenters. The number of benzene rings is 2. The van der Waals surface area contributed by atoms with Gasteiger partial charge in [0, 0.05) is 10.2 Å². The van der Waals surface area contributed by atoms with Crippen molar-refractivity contribution in [3.8, 4) is 0 Å². The first-order chi connectivity index (χ1) is 12.0. The van der Waals surface area contributed by atoms with Crippen molar-refractivity contribution in [1.29, 1.82) is 0 Å². The minimum Gasteiger partial charge on any atom is -0.324 e. The van der Waals surface area contributed by atoms with E-state index in [1.165, 1.54) is 0 Å². The van der Waals surface area contributed by atoms with E-state index in [1.54, 1.807) is 31.2 Å². The molecule has 0 aliphatic heterocycles. The van der Waals surface area contributed by atoms with Crippen molar-refractivity contribution in [1.82, 2.24) is 0 Å². The van der Waals surface area contributed by atoms with Crippen LogP contribution in [0.5, 0.6) is 0 Å². The number of aryl methyl sites for hydroxylation is 2. The molecule has 140 valence electrons. The summed E-state index contributed by atoms with van der Waals surface area (Å²) in [6.45, 7) is 5.24. The summed E-state index contributed by atoms with van der Waals surface area (Å²) in [5.74, 6) is -0.449. The molecule has 0 unspecified atom stereocenters. The van der Waals surface area contributed by atoms with Crippen molar-refractivity contribution in [2.75, 3.05) is 15.9 Å². The van der Waals surface area contributed by atoms with E-state index in [0.29, 0.717) is 20.9 Å². The smallest absolute Gasteiger partial charge is 0.247 e. The molecular weight excluding hydrogens is 440 g/mol. The Morgan fingerprint density at radius 2 is 1.85 bits per heavy atom. The maximum Gasteiger partial charge on any atom is 0.247 e. The molecule has 5 nitrogen and oxygen atoms in total. The molecule has 0 saturated carbocycles. The predicted octanol–water partition coefficient (Wildman–Crippen LogP) is 4.51. The molecule has 0 fully saturated rings. The van der Waals surface area contributed by atoms with Crippen LogP contribution >= 0.6 is 27.5 Å². The van der Waals surface area contributed by atoms with E-state index in [9.17, 15) is 13.2 Å². The maximum atomic E-state index is 12.7. The van der Waals surface area contributed by atoms with E-state index in [0.717, 1.165) is 21.7 Å². The van der Waals surface area contributed by atoms with Crippen molar-refractivity contribution in [2.45, 2.75) is 26.8 Å². The molecule has 0 aliphatic rings. The number of carbonyl (C=O) groups is 1. The van der Waals surface area contributed by atoms with Crippen LogP contribution in [0.15, 0.2) is 40.9 Å². The van der Waals surface area contributed by atoms with Gasteiger partial charge in [-0.15, -0.1) is 0 Å². The Hall–Kier alpha value is -1.57. The second-order valence-electron chi connectivity index (χ2n) is 6.14. The molecule has 0 bridgehead atoms. The van der Waals surface area contributed by atoms with E-state index in [-0.39, 0.29) is 0 Å². The standard InChI is InChI=1S/C18H20BrClN2O3S/c1-11-5-6-12(2)17(9-11)22(26(4,24)25)13(3)18(23)21-14-7-8-15(19)16(20)10-14/h5-10,13H,1-4H3,(H,21,23)/t13-/m0/s1. The van der Waals surface area contributed by atoms with Gasteiger partial charge in [-0.05, 0) is 72.1 Å². The SMILES string of the molecule is Cc1ccc(C)c(N([C@@H](C)C(=O)Nc2ccc(Br)c(Cl)c2)S(C)(=O)=O)c1. The lowest BCUT2D eigenvalue weighted by Gasteiger charge is -2.29. The summed E-state index contributed by atoms with van der Waals surface area (Å²) in [7, 11) is -3.67. The van der Waals surface area contributed by atoms with E-state index in [1.807, 2.05) is 26.0 Å². The number of sulfonamides is 1. The quantitative estimate of drug-likeness (QED) is 0.715. The normalized spacial score (nSPS) is 12.5. The van der Waals surface area contributed by atoms with Gasteiger partial charge in [-0.2, -0.15) is 0 Å². The van der Waals surface area contributed by atoms with Crippen LogP contribution in [0.2, 0.25) is 5.02 Å².